The third-order valence-corrected chi connectivity index (χ3v) is 0.946. The molecule has 1 rings (SSSR count). The number of carbonyl (C=O) groups excluding carboxylic acids is 2. The van der Waals surface area contributed by atoms with Gasteiger partial charge in [-0.2, -0.15) is 0 Å². The molecule has 0 atom stereocenters. The quantitative estimate of drug-likeness (QED) is 0.503. The summed E-state index contributed by atoms with van der Waals surface area (Å²) in [6, 6.07) is 3.29. The normalized spacial score (nSPS) is 6.93. The first-order chi connectivity index (χ1) is 6.04. The van der Waals surface area contributed by atoms with Crippen LogP contribution >= 0.6 is 0 Å². The zero-order valence-electron chi connectivity index (χ0n) is 8.47. The van der Waals surface area contributed by atoms with Crippen LogP contribution in [0.25, 0.3) is 0 Å². The maximum Gasteiger partial charge on any atom is 1.00 e. The second-order valence-electron chi connectivity index (χ2n) is 1.86. The van der Waals surface area contributed by atoms with E-state index in [0.29, 0.717) is 5.56 Å². The molecule has 1 aromatic rings. The molecule has 0 spiro atoms. The third kappa shape index (κ3) is 15.2. The first kappa shape index (κ1) is 21.4. The maximum atomic E-state index is 10.4. The molecule has 2 N–H and O–H groups in total. The number of amides is 1. The molecule has 8 heteroatoms. The Morgan fingerprint density at radius 3 is 1.93 bits per heavy atom. The second-order valence-corrected chi connectivity index (χ2v) is 1.86. The van der Waals surface area contributed by atoms with Gasteiger partial charge in [0.15, 0.2) is 0 Å². The second kappa shape index (κ2) is 13.2. The van der Waals surface area contributed by atoms with E-state index in [1.54, 1.807) is 18.3 Å². The molecular formula is C7H6K2N2O4. The van der Waals surface area contributed by atoms with Crippen molar-refractivity contribution in [2.45, 2.75) is 0 Å². The average molecular weight is 260 g/mol. The summed E-state index contributed by atoms with van der Waals surface area (Å²) >= 11 is 0. The number of carbonyl (C=O) groups is 2. The SMILES string of the molecule is NC(=O)c1cccnc1.O=C([O-])[O-].[K+].[K+]. The smallest absolute Gasteiger partial charge is 0.652 e. The largest absolute Gasteiger partial charge is 1.00 e. The van der Waals surface area contributed by atoms with Crippen molar-refractivity contribution in [1.82, 2.24) is 4.98 Å². The maximum absolute atomic E-state index is 10.4. The minimum absolute atomic E-state index is 0. The molecule has 70 valence electrons. The van der Waals surface area contributed by atoms with Crippen LogP contribution in [0.3, 0.4) is 0 Å². The van der Waals surface area contributed by atoms with Crippen LogP contribution in [0.4, 0.5) is 4.79 Å². The summed E-state index contributed by atoms with van der Waals surface area (Å²) < 4.78 is 0. The zero-order chi connectivity index (χ0) is 10.3. The number of primary amides is 1. The average Bonchev–Trinajstić information content (AvgIpc) is 2.05. The van der Waals surface area contributed by atoms with Gasteiger partial charge in [0.25, 0.3) is 0 Å². The van der Waals surface area contributed by atoms with E-state index in [9.17, 15) is 4.79 Å². The molecule has 0 aromatic carbocycles. The first-order valence-corrected chi connectivity index (χ1v) is 3.12. The molecule has 15 heavy (non-hydrogen) atoms. The van der Waals surface area contributed by atoms with E-state index >= 15 is 0 Å². The van der Waals surface area contributed by atoms with Gasteiger partial charge >= 0.3 is 103 Å². The van der Waals surface area contributed by atoms with Crippen molar-refractivity contribution in [1.29, 1.82) is 0 Å². The van der Waals surface area contributed by atoms with E-state index in [1.807, 2.05) is 0 Å². The van der Waals surface area contributed by atoms with Crippen LogP contribution in [0.1, 0.15) is 10.4 Å². The van der Waals surface area contributed by atoms with Gasteiger partial charge in [0, 0.05) is 12.4 Å². The molecule has 0 aliphatic rings. The Balaban J connectivity index is -0.000000213. The Hall–Kier alpha value is 1.16. The molecule has 0 radical (unpaired) electrons. The van der Waals surface area contributed by atoms with Crippen LogP contribution in [0.15, 0.2) is 24.5 Å². The predicted octanol–water partition coefficient (Wildman–Crippen LogP) is -8.26. The van der Waals surface area contributed by atoms with Crippen molar-refractivity contribution in [3.05, 3.63) is 30.1 Å². The Morgan fingerprint density at radius 1 is 1.27 bits per heavy atom. The molecule has 0 saturated heterocycles. The number of rotatable bonds is 1. The van der Waals surface area contributed by atoms with E-state index in [0.717, 1.165) is 0 Å². The van der Waals surface area contributed by atoms with Gasteiger partial charge in [0.1, 0.15) is 0 Å². The number of aromatic nitrogens is 1. The van der Waals surface area contributed by atoms with Gasteiger partial charge in [-0.25, -0.2) is 0 Å². The summed E-state index contributed by atoms with van der Waals surface area (Å²) in [5.41, 5.74) is 5.38. The molecule has 0 saturated carbocycles. The van der Waals surface area contributed by atoms with Crippen LogP contribution in [0.5, 0.6) is 0 Å². The molecule has 0 aliphatic heterocycles. The van der Waals surface area contributed by atoms with Crippen molar-refractivity contribution in [2.75, 3.05) is 0 Å². The van der Waals surface area contributed by atoms with Crippen LogP contribution < -0.4 is 119 Å². The summed E-state index contributed by atoms with van der Waals surface area (Å²) in [5, 5.41) is 16.7. The van der Waals surface area contributed by atoms with Gasteiger partial charge in [-0.15, -0.1) is 0 Å². The number of nitrogens with zero attached hydrogens (tertiary/aromatic N) is 1. The molecule has 0 aliphatic carbocycles. The monoisotopic (exact) mass is 260 g/mol. The standard InChI is InChI=1S/C6H6N2O.CH2O3.2K/c7-6(9)5-2-1-3-8-4-5;2-1(3)4;;/h1-4H,(H2,7,9);(H2,2,3,4);;/q;;2*+1/p-2. The van der Waals surface area contributed by atoms with Crippen LogP contribution in [-0.2, 0) is 0 Å². The number of hydrogen-bond acceptors (Lipinski definition) is 5. The third-order valence-electron chi connectivity index (χ3n) is 0.946. The van der Waals surface area contributed by atoms with Gasteiger partial charge in [-0.05, 0) is 18.3 Å². The molecular weight excluding hydrogens is 254 g/mol. The van der Waals surface area contributed by atoms with Gasteiger partial charge in [-0.3, -0.25) is 9.78 Å². The van der Waals surface area contributed by atoms with E-state index < -0.39 is 12.1 Å². The fraction of sp³-hybridized carbons (Fsp3) is 0. The minimum Gasteiger partial charge on any atom is -0.652 e. The van der Waals surface area contributed by atoms with E-state index in [2.05, 4.69) is 4.98 Å². The summed E-state index contributed by atoms with van der Waals surface area (Å²) in [4.78, 5) is 22.4. The molecule has 0 bridgehead atoms. The molecule has 0 unspecified atom stereocenters. The van der Waals surface area contributed by atoms with Crippen molar-refractivity contribution < 1.29 is 123 Å². The van der Waals surface area contributed by atoms with E-state index in [4.69, 9.17) is 20.7 Å². The number of carboxylic acid groups (broad SMARTS) is 2. The summed E-state index contributed by atoms with van der Waals surface area (Å²) in [6.45, 7) is 0. The fourth-order valence-corrected chi connectivity index (χ4v) is 0.509. The van der Waals surface area contributed by atoms with Crippen LogP contribution in [0.2, 0.25) is 0 Å². The van der Waals surface area contributed by atoms with Gasteiger partial charge < -0.3 is 20.7 Å². The van der Waals surface area contributed by atoms with Crippen molar-refractivity contribution in [2.24, 2.45) is 5.73 Å². The van der Waals surface area contributed by atoms with Crippen molar-refractivity contribution in [3.63, 3.8) is 0 Å². The molecule has 1 aromatic heterocycles. The topological polar surface area (TPSA) is 119 Å². The van der Waals surface area contributed by atoms with E-state index in [-0.39, 0.29) is 103 Å². The Labute approximate surface area is 171 Å². The van der Waals surface area contributed by atoms with Crippen LogP contribution in [0, 0.1) is 0 Å². The Morgan fingerprint density at radius 2 is 1.73 bits per heavy atom. The van der Waals surface area contributed by atoms with Crippen LogP contribution in [-0.4, -0.2) is 17.0 Å². The molecule has 0 fully saturated rings. The van der Waals surface area contributed by atoms with Gasteiger partial charge in [-0.1, -0.05) is 0 Å². The number of hydrogen-bond donors (Lipinski definition) is 1. The van der Waals surface area contributed by atoms with Crippen molar-refractivity contribution in [3.8, 4) is 0 Å². The Kier molecular flexibility index (Phi) is 18.9. The summed E-state index contributed by atoms with van der Waals surface area (Å²) in [7, 11) is 0. The predicted molar refractivity (Wildman–Crippen MR) is 38.2 cm³/mol. The number of pyridine rings is 1. The van der Waals surface area contributed by atoms with Gasteiger partial charge in [0.05, 0.1) is 5.56 Å². The zero-order valence-corrected chi connectivity index (χ0v) is 14.7. The molecule has 1 amide bonds. The fourth-order valence-electron chi connectivity index (χ4n) is 0.509. The summed E-state index contributed by atoms with van der Waals surface area (Å²) in [6.07, 6.45) is 0.689. The first-order valence-electron chi connectivity index (χ1n) is 3.12. The molecule has 1 heterocycles. The molecule has 6 nitrogen and oxygen atoms in total. The number of nitrogens with two attached hydrogens (primary N) is 1. The summed E-state index contributed by atoms with van der Waals surface area (Å²) in [5.74, 6) is -0.442. The van der Waals surface area contributed by atoms with Gasteiger partial charge in [0.2, 0.25) is 5.91 Å². The van der Waals surface area contributed by atoms with E-state index in [1.165, 1.54) is 6.20 Å². The Bertz CT molecular complexity index is 290. The minimum atomic E-state index is -2.33. The van der Waals surface area contributed by atoms with Crippen molar-refractivity contribution >= 4 is 12.1 Å².